The Kier molecular flexibility index (Phi) is 6.66. The van der Waals surface area contributed by atoms with Gasteiger partial charge in [-0.15, -0.1) is 0 Å². The number of hydrogen-bond donors (Lipinski definition) is 3. The average molecular weight is 529 g/mol. The van der Waals surface area contributed by atoms with E-state index in [0.717, 1.165) is 11.8 Å². The van der Waals surface area contributed by atoms with Crippen molar-refractivity contribution in [2.45, 2.75) is 37.2 Å². The van der Waals surface area contributed by atoms with Crippen molar-refractivity contribution in [3.8, 4) is 11.8 Å². The standard InChI is InChI=1S/C25H28N4O7S/c1-17(30)28-15-25(33,16-28)20-8-6-18(7-9-20)4-5-19-12-21-14-27(23(32)29(21)13-19)11-10-24(2,22(31)26-34)37(3,35)36/h6-9,12-13,33-34H,10-11,14-16H2,1-3H3,(H,26,31). The molecule has 0 radical (unpaired) electrons. The Morgan fingerprint density at radius 2 is 1.78 bits per heavy atom. The zero-order chi connectivity index (χ0) is 27.2. The highest BCUT2D eigenvalue weighted by Gasteiger charge is 2.45. The second-order valence-electron chi connectivity index (χ2n) is 9.72. The molecule has 0 aliphatic carbocycles. The summed E-state index contributed by atoms with van der Waals surface area (Å²) in [5.41, 5.74) is 3.09. The third-order valence-corrected chi connectivity index (χ3v) is 9.14. The minimum Gasteiger partial charge on any atom is -0.381 e. The number of carbonyl (C=O) groups is 3. The molecule has 4 rings (SSSR count). The summed E-state index contributed by atoms with van der Waals surface area (Å²) in [5, 5.41) is 19.6. The summed E-state index contributed by atoms with van der Waals surface area (Å²) in [6.45, 7) is 3.43. The van der Waals surface area contributed by atoms with Crippen LogP contribution in [-0.4, -0.2) is 81.6 Å². The minimum atomic E-state index is -3.86. The third-order valence-electron chi connectivity index (χ3n) is 7.11. The van der Waals surface area contributed by atoms with Crippen molar-refractivity contribution in [2.75, 3.05) is 25.9 Å². The van der Waals surface area contributed by atoms with E-state index in [1.165, 1.54) is 28.8 Å². The van der Waals surface area contributed by atoms with E-state index in [9.17, 15) is 27.9 Å². The van der Waals surface area contributed by atoms with Gasteiger partial charge in [0.05, 0.1) is 19.6 Å². The molecule has 3 heterocycles. The second kappa shape index (κ2) is 9.33. The van der Waals surface area contributed by atoms with Crippen molar-refractivity contribution < 1.29 is 33.1 Å². The Labute approximate surface area is 214 Å². The van der Waals surface area contributed by atoms with Gasteiger partial charge in [0.15, 0.2) is 14.6 Å². The zero-order valence-electron chi connectivity index (χ0n) is 20.7. The highest BCUT2D eigenvalue weighted by molar-refractivity contribution is 7.92. The van der Waals surface area contributed by atoms with Gasteiger partial charge in [-0.05, 0) is 37.1 Å². The number of rotatable bonds is 6. The van der Waals surface area contributed by atoms with Gasteiger partial charge in [-0.1, -0.05) is 24.0 Å². The Balaban J connectivity index is 1.40. The lowest BCUT2D eigenvalue weighted by molar-refractivity contribution is -0.154. The maximum atomic E-state index is 12.8. The lowest BCUT2D eigenvalue weighted by atomic mass is 9.85. The number of likely N-dealkylation sites (tertiary alicyclic amines) is 1. The van der Waals surface area contributed by atoms with Crippen LogP contribution in [0.15, 0.2) is 36.5 Å². The molecule has 2 aliphatic rings. The topological polar surface area (TPSA) is 149 Å². The van der Waals surface area contributed by atoms with Crippen LogP contribution >= 0.6 is 0 Å². The monoisotopic (exact) mass is 528 g/mol. The molecule has 2 aromatic rings. The van der Waals surface area contributed by atoms with Crippen LogP contribution in [0.1, 0.15) is 42.7 Å². The van der Waals surface area contributed by atoms with Gasteiger partial charge >= 0.3 is 6.03 Å². The van der Waals surface area contributed by atoms with Gasteiger partial charge in [0.2, 0.25) is 5.91 Å². The van der Waals surface area contributed by atoms with E-state index in [4.69, 9.17) is 5.21 Å². The second-order valence-corrected chi connectivity index (χ2v) is 12.2. The predicted molar refractivity (Wildman–Crippen MR) is 132 cm³/mol. The van der Waals surface area contributed by atoms with Crippen LogP contribution in [0.5, 0.6) is 0 Å². The van der Waals surface area contributed by atoms with Crippen LogP contribution in [0.2, 0.25) is 0 Å². The lowest BCUT2D eigenvalue weighted by Gasteiger charge is -2.46. The maximum Gasteiger partial charge on any atom is 0.328 e. The molecule has 1 fully saturated rings. The van der Waals surface area contributed by atoms with Crippen LogP contribution in [0.4, 0.5) is 4.79 Å². The molecule has 196 valence electrons. The number of aromatic nitrogens is 1. The number of β-amino-alcohol motifs (C(OH)–C–C–N with tert-alkyl or cyclic N) is 1. The molecule has 1 atom stereocenters. The fraction of sp³-hybridized carbons (Fsp3) is 0.400. The number of nitrogens with zero attached hydrogens (tertiary/aromatic N) is 3. The summed E-state index contributed by atoms with van der Waals surface area (Å²) in [4.78, 5) is 39.2. The summed E-state index contributed by atoms with van der Waals surface area (Å²) in [6.07, 6.45) is 2.33. The first-order valence-corrected chi connectivity index (χ1v) is 13.4. The minimum absolute atomic E-state index is 0.00138. The molecular weight excluding hydrogens is 500 g/mol. The molecule has 0 spiro atoms. The molecule has 37 heavy (non-hydrogen) atoms. The highest BCUT2D eigenvalue weighted by Crippen LogP contribution is 2.32. The predicted octanol–water partition coefficient (Wildman–Crippen LogP) is 0.420. The molecular formula is C25H28N4O7S. The van der Waals surface area contributed by atoms with Crippen molar-refractivity contribution in [3.63, 3.8) is 0 Å². The van der Waals surface area contributed by atoms with Crippen LogP contribution in [0, 0.1) is 11.8 Å². The Bertz CT molecular complexity index is 1430. The van der Waals surface area contributed by atoms with Gasteiger partial charge in [0.25, 0.3) is 5.91 Å². The van der Waals surface area contributed by atoms with Gasteiger partial charge < -0.3 is 14.9 Å². The Morgan fingerprint density at radius 3 is 2.32 bits per heavy atom. The molecule has 12 heteroatoms. The van der Waals surface area contributed by atoms with Crippen LogP contribution in [0.25, 0.3) is 0 Å². The molecule has 3 amide bonds. The number of hydrogen-bond acceptors (Lipinski definition) is 7. The van der Waals surface area contributed by atoms with Crippen molar-refractivity contribution >= 4 is 27.7 Å². The largest absolute Gasteiger partial charge is 0.381 e. The zero-order valence-corrected chi connectivity index (χ0v) is 21.5. The third kappa shape index (κ3) is 4.85. The van der Waals surface area contributed by atoms with Gasteiger partial charge in [-0.2, -0.15) is 0 Å². The van der Waals surface area contributed by atoms with E-state index < -0.39 is 26.1 Å². The summed E-state index contributed by atoms with van der Waals surface area (Å²) in [6, 6.07) is 8.54. The summed E-state index contributed by atoms with van der Waals surface area (Å²) in [7, 11) is -3.86. The number of nitrogens with one attached hydrogen (secondary N) is 1. The van der Waals surface area contributed by atoms with E-state index in [1.807, 2.05) is 0 Å². The van der Waals surface area contributed by atoms with E-state index in [2.05, 4.69) is 11.8 Å². The normalized spacial score (nSPS) is 17.8. The van der Waals surface area contributed by atoms with Crippen LogP contribution in [-0.2, 0) is 31.6 Å². The number of aliphatic hydroxyl groups is 1. The molecule has 0 saturated carbocycles. The first-order chi connectivity index (χ1) is 17.3. The lowest BCUT2D eigenvalue weighted by Crippen LogP contribution is -2.60. The van der Waals surface area contributed by atoms with Crippen LogP contribution in [0.3, 0.4) is 0 Å². The van der Waals surface area contributed by atoms with E-state index in [1.54, 1.807) is 41.4 Å². The van der Waals surface area contributed by atoms with Gasteiger partial charge in [0, 0.05) is 42.7 Å². The average Bonchev–Trinajstić information content (AvgIpc) is 3.36. The number of fused-ring (bicyclic) bond motifs is 1. The highest BCUT2D eigenvalue weighted by atomic mass is 32.2. The van der Waals surface area contributed by atoms with Gasteiger partial charge in [-0.25, -0.2) is 18.7 Å². The van der Waals surface area contributed by atoms with E-state index >= 15 is 0 Å². The maximum absolute atomic E-state index is 12.8. The van der Waals surface area contributed by atoms with E-state index in [-0.39, 0.29) is 44.5 Å². The van der Waals surface area contributed by atoms with E-state index in [0.29, 0.717) is 16.8 Å². The molecule has 2 aliphatic heterocycles. The Hall–Kier alpha value is -3.66. The molecule has 1 aromatic heterocycles. The number of sulfone groups is 1. The molecule has 3 N–H and O–H groups in total. The molecule has 0 bridgehead atoms. The molecule has 1 aromatic carbocycles. The number of amides is 3. The molecule has 1 saturated heterocycles. The summed E-state index contributed by atoms with van der Waals surface area (Å²) < 4.78 is 23.8. The van der Waals surface area contributed by atoms with Gasteiger partial charge in [0.1, 0.15) is 5.60 Å². The summed E-state index contributed by atoms with van der Waals surface area (Å²) in [5.74, 6) is 4.92. The molecule has 1 unspecified atom stereocenters. The quantitative estimate of drug-likeness (QED) is 0.279. The number of benzene rings is 1. The Morgan fingerprint density at radius 1 is 1.16 bits per heavy atom. The van der Waals surface area contributed by atoms with Crippen molar-refractivity contribution in [1.29, 1.82) is 0 Å². The number of hydroxylamine groups is 1. The molecule has 11 nitrogen and oxygen atoms in total. The SMILES string of the molecule is CC(=O)N1CC(O)(c2ccc(C#Cc3cc4n(c3)C(=O)N(CCC(C)(C(=O)NO)S(C)(=O)=O)C4)cc2)C1. The van der Waals surface area contributed by atoms with Gasteiger partial charge in [-0.3, -0.25) is 19.4 Å². The first kappa shape index (κ1) is 26.4. The van der Waals surface area contributed by atoms with Crippen molar-refractivity contribution in [3.05, 3.63) is 58.9 Å². The van der Waals surface area contributed by atoms with Crippen LogP contribution < -0.4 is 5.48 Å². The smallest absolute Gasteiger partial charge is 0.328 e. The fourth-order valence-corrected chi connectivity index (χ4v) is 5.24. The first-order valence-electron chi connectivity index (χ1n) is 11.5. The number of carbonyl (C=O) groups excluding carboxylic acids is 3. The van der Waals surface area contributed by atoms with Crippen molar-refractivity contribution in [2.24, 2.45) is 0 Å². The fourth-order valence-electron chi connectivity index (χ4n) is 4.40. The van der Waals surface area contributed by atoms with Crippen molar-refractivity contribution in [1.82, 2.24) is 19.8 Å². The summed E-state index contributed by atoms with van der Waals surface area (Å²) >= 11 is 0.